The number of aromatic carboxylic acids is 1. The van der Waals surface area contributed by atoms with Crippen molar-refractivity contribution in [3.8, 4) is 0 Å². The van der Waals surface area contributed by atoms with E-state index in [1.165, 1.54) is 23.0 Å². The van der Waals surface area contributed by atoms with E-state index >= 15 is 0 Å². The van der Waals surface area contributed by atoms with E-state index in [-0.39, 0.29) is 34.7 Å². The molecule has 0 radical (unpaired) electrons. The second kappa shape index (κ2) is 6.51. The van der Waals surface area contributed by atoms with E-state index in [2.05, 4.69) is 20.6 Å². The van der Waals surface area contributed by atoms with Crippen molar-refractivity contribution in [3.05, 3.63) is 39.9 Å². The molecule has 2 heterocycles. The molecule has 0 atom stereocenters. The molecule has 2 aromatic heterocycles. The number of rotatable bonds is 5. The fourth-order valence-electron chi connectivity index (χ4n) is 1.45. The molecule has 2 aromatic rings. The van der Waals surface area contributed by atoms with Crippen LogP contribution in [0.25, 0.3) is 0 Å². The predicted octanol–water partition coefficient (Wildman–Crippen LogP) is 1.11. The first-order chi connectivity index (χ1) is 9.97. The Morgan fingerprint density at radius 2 is 2.10 bits per heavy atom. The van der Waals surface area contributed by atoms with Crippen LogP contribution < -0.4 is 5.32 Å². The van der Waals surface area contributed by atoms with Crippen molar-refractivity contribution in [2.24, 2.45) is 0 Å². The van der Waals surface area contributed by atoms with Crippen LogP contribution >= 0.6 is 23.2 Å². The number of hydrogen-bond donors (Lipinski definition) is 2. The lowest BCUT2D eigenvalue weighted by molar-refractivity contribution is 0.0690. The highest BCUT2D eigenvalue weighted by Gasteiger charge is 2.13. The monoisotopic (exact) mass is 329 g/mol. The van der Waals surface area contributed by atoms with Crippen LogP contribution in [0.2, 0.25) is 10.2 Å². The number of carboxylic acid groups (broad SMARTS) is 1. The van der Waals surface area contributed by atoms with Gasteiger partial charge in [0.15, 0.2) is 5.69 Å². The topological polar surface area (TPSA) is 110 Å². The van der Waals surface area contributed by atoms with E-state index in [9.17, 15) is 9.59 Å². The van der Waals surface area contributed by atoms with E-state index < -0.39 is 11.9 Å². The second-order valence-electron chi connectivity index (χ2n) is 3.89. The Hall–Kier alpha value is -2.19. The molecule has 0 saturated heterocycles. The third kappa shape index (κ3) is 3.89. The van der Waals surface area contributed by atoms with Gasteiger partial charge >= 0.3 is 5.97 Å². The summed E-state index contributed by atoms with van der Waals surface area (Å²) in [7, 11) is 0. The van der Waals surface area contributed by atoms with Gasteiger partial charge in [-0.3, -0.25) is 4.79 Å². The van der Waals surface area contributed by atoms with Crippen molar-refractivity contribution in [1.82, 2.24) is 25.3 Å². The average Bonchev–Trinajstić information content (AvgIpc) is 2.90. The Kier molecular flexibility index (Phi) is 4.71. The van der Waals surface area contributed by atoms with Gasteiger partial charge in [0.25, 0.3) is 5.91 Å². The molecule has 0 aromatic carbocycles. The number of amides is 1. The Morgan fingerprint density at radius 1 is 1.33 bits per heavy atom. The fraction of sp³-hybridized carbons (Fsp3) is 0.182. The van der Waals surface area contributed by atoms with Gasteiger partial charge < -0.3 is 10.4 Å². The summed E-state index contributed by atoms with van der Waals surface area (Å²) in [4.78, 5) is 26.3. The Morgan fingerprint density at radius 3 is 2.76 bits per heavy atom. The van der Waals surface area contributed by atoms with Crippen LogP contribution in [0.3, 0.4) is 0 Å². The maximum Gasteiger partial charge on any atom is 0.358 e. The van der Waals surface area contributed by atoms with Gasteiger partial charge in [-0.15, -0.1) is 5.10 Å². The van der Waals surface area contributed by atoms with Crippen molar-refractivity contribution in [2.45, 2.75) is 6.54 Å². The Bertz CT molecular complexity index is 688. The van der Waals surface area contributed by atoms with Gasteiger partial charge in [-0.25, -0.2) is 14.5 Å². The van der Waals surface area contributed by atoms with Crippen molar-refractivity contribution in [2.75, 3.05) is 6.54 Å². The lowest BCUT2D eigenvalue weighted by atomic mass is 10.3. The zero-order valence-electron chi connectivity index (χ0n) is 10.5. The molecule has 0 aliphatic rings. The molecule has 21 heavy (non-hydrogen) atoms. The van der Waals surface area contributed by atoms with Gasteiger partial charge in [0, 0.05) is 6.54 Å². The molecule has 10 heteroatoms. The number of pyridine rings is 1. The number of carbonyl (C=O) groups excluding carboxylic acids is 1. The zero-order chi connectivity index (χ0) is 15.4. The third-order valence-electron chi connectivity index (χ3n) is 2.41. The first-order valence-corrected chi connectivity index (χ1v) is 6.46. The maximum absolute atomic E-state index is 11.9. The highest BCUT2D eigenvalue weighted by atomic mass is 35.5. The molecule has 0 spiro atoms. The Balaban J connectivity index is 1.92. The van der Waals surface area contributed by atoms with E-state index in [1.54, 1.807) is 0 Å². The molecule has 8 nitrogen and oxygen atoms in total. The van der Waals surface area contributed by atoms with Crippen LogP contribution in [0.5, 0.6) is 0 Å². The smallest absolute Gasteiger partial charge is 0.358 e. The number of nitrogens with one attached hydrogen (secondary N) is 1. The number of hydrogen-bond acceptors (Lipinski definition) is 5. The van der Waals surface area contributed by atoms with Crippen molar-refractivity contribution >= 4 is 35.1 Å². The molecule has 2 rings (SSSR count). The predicted molar refractivity (Wildman–Crippen MR) is 73.6 cm³/mol. The lowest BCUT2D eigenvalue weighted by Gasteiger charge is -2.06. The van der Waals surface area contributed by atoms with Gasteiger partial charge in [0.1, 0.15) is 10.8 Å². The van der Waals surface area contributed by atoms with Gasteiger partial charge in [-0.1, -0.05) is 28.4 Å². The average molecular weight is 330 g/mol. The van der Waals surface area contributed by atoms with E-state index in [1.807, 2.05) is 0 Å². The molecular weight excluding hydrogens is 321 g/mol. The standard InChI is InChI=1S/C11H9Cl2N5O3/c12-6-1-2-8(13)15-9(6)10(19)14-3-4-18-5-7(11(20)21)16-17-18/h1-2,5H,3-4H2,(H,14,19)(H,20,21). The molecule has 0 saturated carbocycles. The molecule has 0 aliphatic carbocycles. The lowest BCUT2D eigenvalue weighted by Crippen LogP contribution is -2.28. The number of nitrogens with zero attached hydrogens (tertiary/aromatic N) is 4. The highest BCUT2D eigenvalue weighted by molar-refractivity contribution is 6.34. The number of aromatic nitrogens is 4. The van der Waals surface area contributed by atoms with Gasteiger partial charge in [0.05, 0.1) is 17.8 Å². The van der Waals surface area contributed by atoms with Crippen LogP contribution in [0.1, 0.15) is 21.0 Å². The molecule has 0 fully saturated rings. The summed E-state index contributed by atoms with van der Waals surface area (Å²) in [5.74, 6) is -1.65. The minimum atomic E-state index is -1.17. The van der Waals surface area contributed by atoms with Gasteiger partial charge in [0.2, 0.25) is 0 Å². The molecule has 0 unspecified atom stereocenters. The van der Waals surface area contributed by atoms with Gasteiger partial charge in [-0.05, 0) is 12.1 Å². The van der Waals surface area contributed by atoms with Crippen LogP contribution in [0, 0.1) is 0 Å². The SMILES string of the molecule is O=C(O)c1cn(CCNC(=O)c2nc(Cl)ccc2Cl)nn1. The summed E-state index contributed by atoms with van der Waals surface area (Å²) >= 11 is 11.5. The molecule has 0 aliphatic heterocycles. The van der Waals surface area contributed by atoms with Crippen LogP contribution in [-0.4, -0.2) is 43.5 Å². The number of carboxylic acids is 1. The summed E-state index contributed by atoms with van der Waals surface area (Å²) in [5.41, 5.74) is -0.144. The minimum Gasteiger partial charge on any atom is -0.476 e. The Labute approximate surface area is 128 Å². The van der Waals surface area contributed by atoms with Gasteiger partial charge in [-0.2, -0.15) is 0 Å². The van der Waals surface area contributed by atoms with E-state index in [0.717, 1.165) is 0 Å². The van der Waals surface area contributed by atoms with Crippen molar-refractivity contribution < 1.29 is 14.7 Å². The first kappa shape index (κ1) is 15.2. The van der Waals surface area contributed by atoms with Crippen molar-refractivity contribution in [1.29, 1.82) is 0 Å². The van der Waals surface area contributed by atoms with Crippen molar-refractivity contribution in [3.63, 3.8) is 0 Å². The first-order valence-electron chi connectivity index (χ1n) is 5.71. The fourth-order valence-corrected chi connectivity index (χ4v) is 1.79. The van der Waals surface area contributed by atoms with Crippen LogP contribution in [0.4, 0.5) is 0 Å². The quantitative estimate of drug-likeness (QED) is 0.795. The summed E-state index contributed by atoms with van der Waals surface area (Å²) in [5, 5.41) is 18.7. The maximum atomic E-state index is 11.9. The minimum absolute atomic E-state index is 0.0222. The summed E-state index contributed by atoms with van der Waals surface area (Å²) in [6, 6.07) is 2.95. The third-order valence-corrected chi connectivity index (χ3v) is 2.93. The summed E-state index contributed by atoms with van der Waals surface area (Å²) < 4.78 is 1.30. The molecule has 0 bridgehead atoms. The summed E-state index contributed by atoms with van der Waals surface area (Å²) in [6.45, 7) is 0.454. The second-order valence-corrected chi connectivity index (χ2v) is 4.69. The van der Waals surface area contributed by atoms with Crippen LogP contribution in [-0.2, 0) is 6.54 Å². The highest BCUT2D eigenvalue weighted by Crippen LogP contribution is 2.16. The molecule has 1 amide bonds. The molecule has 2 N–H and O–H groups in total. The largest absolute Gasteiger partial charge is 0.476 e. The van der Waals surface area contributed by atoms with Crippen LogP contribution in [0.15, 0.2) is 18.3 Å². The number of halogens is 2. The summed E-state index contributed by atoms with van der Waals surface area (Å²) in [6.07, 6.45) is 1.26. The number of carbonyl (C=O) groups is 2. The molecule has 110 valence electrons. The normalized spacial score (nSPS) is 10.4. The molecular formula is C11H9Cl2N5O3. The zero-order valence-corrected chi connectivity index (χ0v) is 12.0. The van der Waals surface area contributed by atoms with E-state index in [4.69, 9.17) is 28.3 Å². The van der Waals surface area contributed by atoms with E-state index in [0.29, 0.717) is 0 Å².